The van der Waals surface area contributed by atoms with E-state index in [4.69, 9.17) is 21.1 Å². The van der Waals surface area contributed by atoms with Gasteiger partial charge < -0.3 is 19.9 Å². The molecule has 3 unspecified atom stereocenters. The Labute approximate surface area is 124 Å². The molecule has 1 aromatic carbocycles. The number of ether oxygens (including phenoxy) is 2. The molecule has 3 atom stereocenters. The highest BCUT2D eigenvalue weighted by Gasteiger charge is 2.37. The van der Waals surface area contributed by atoms with Crippen LogP contribution in [0.15, 0.2) is 0 Å². The summed E-state index contributed by atoms with van der Waals surface area (Å²) in [7, 11) is 1.82. The lowest BCUT2D eigenvalue weighted by molar-refractivity contribution is 0.167. The smallest absolute Gasteiger partial charge is 0.142 e. The van der Waals surface area contributed by atoms with Gasteiger partial charge in [-0.1, -0.05) is 11.6 Å². The van der Waals surface area contributed by atoms with E-state index in [-0.39, 0.29) is 12.2 Å². The predicted octanol–water partition coefficient (Wildman–Crippen LogP) is 2.24. The number of rotatable bonds is 3. The molecule has 0 fully saturated rings. The highest BCUT2D eigenvalue weighted by atomic mass is 35.5. The van der Waals surface area contributed by atoms with Crippen molar-refractivity contribution in [1.82, 2.24) is 5.32 Å². The molecule has 4 nitrogen and oxygen atoms in total. The third-order valence-electron chi connectivity index (χ3n) is 3.93. The van der Waals surface area contributed by atoms with Gasteiger partial charge in [0.2, 0.25) is 0 Å². The Morgan fingerprint density at radius 3 is 2.45 bits per heavy atom. The highest BCUT2D eigenvalue weighted by Crippen LogP contribution is 2.50. The minimum atomic E-state index is -0.612. The molecule has 20 heavy (non-hydrogen) atoms. The van der Waals surface area contributed by atoms with E-state index in [1.165, 1.54) is 0 Å². The van der Waals surface area contributed by atoms with Crippen LogP contribution in [0.3, 0.4) is 0 Å². The van der Waals surface area contributed by atoms with E-state index < -0.39 is 6.10 Å². The van der Waals surface area contributed by atoms with E-state index >= 15 is 0 Å². The second kappa shape index (κ2) is 5.10. The van der Waals surface area contributed by atoms with Crippen LogP contribution in [-0.4, -0.2) is 30.9 Å². The molecule has 0 bridgehead atoms. The molecule has 2 heterocycles. The molecule has 1 aromatic rings. The Morgan fingerprint density at radius 2 is 1.80 bits per heavy atom. The largest absolute Gasteiger partial charge is 0.490 e. The molecule has 0 amide bonds. The fourth-order valence-corrected chi connectivity index (χ4v) is 3.46. The molecule has 3 rings (SSSR count). The first kappa shape index (κ1) is 14.0. The number of likely N-dealkylation sites (N-methyl/N-ethyl adjacent to an activating group) is 1. The predicted molar refractivity (Wildman–Crippen MR) is 77.9 cm³/mol. The summed E-state index contributed by atoms with van der Waals surface area (Å²) >= 11 is 6.48. The third kappa shape index (κ3) is 2.07. The number of hydrogen-bond acceptors (Lipinski definition) is 4. The molecule has 2 aliphatic heterocycles. The standard InChI is InChI=1S/C15H20ClNO3/c1-7-4-9-12(11(18)6-17-3)14-10(5-8(2)19-14)13(16)15(9)20-7/h7-8,11,17-18H,4-6H2,1-3H3. The van der Waals surface area contributed by atoms with Crippen molar-refractivity contribution < 1.29 is 14.6 Å². The van der Waals surface area contributed by atoms with Crippen molar-refractivity contribution in [3.63, 3.8) is 0 Å². The molecule has 0 aliphatic carbocycles. The minimum absolute atomic E-state index is 0.0861. The van der Waals surface area contributed by atoms with Gasteiger partial charge in [0.1, 0.15) is 23.7 Å². The SMILES string of the molecule is CNCC(O)c1c2c(c(Cl)c3c1OC(C)C3)OC(C)C2. The van der Waals surface area contributed by atoms with Gasteiger partial charge >= 0.3 is 0 Å². The lowest BCUT2D eigenvalue weighted by Crippen LogP contribution is -2.19. The maximum atomic E-state index is 10.5. The average Bonchev–Trinajstić information content (AvgIpc) is 2.93. The number of nitrogens with one attached hydrogen (secondary N) is 1. The zero-order chi connectivity index (χ0) is 14.4. The van der Waals surface area contributed by atoms with Crippen LogP contribution in [-0.2, 0) is 12.8 Å². The van der Waals surface area contributed by atoms with Gasteiger partial charge in [-0.05, 0) is 20.9 Å². The molecule has 0 saturated heterocycles. The quantitative estimate of drug-likeness (QED) is 0.898. The summed E-state index contributed by atoms with van der Waals surface area (Å²) in [5, 5.41) is 14.1. The van der Waals surface area contributed by atoms with Gasteiger partial charge in [-0.15, -0.1) is 0 Å². The van der Waals surface area contributed by atoms with E-state index in [9.17, 15) is 5.11 Å². The van der Waals surface area contributed by atoms with Crippen LogP contribution in [0.1, 0.15) is 36.6 Å². The molecule has 2 aliphatic rings. The van der Waals surface area contributed by atoms with E-state index in [1.807, 2.05) is 20.9 Å². The summed E-state index contributed by atoms with van der Waals surface area (Å²) in [5.74, 6) is 1.50. The normalized spacial score (nSPS) is 24.9. The first-order valence-corrected chi connectivity index (χ1v) is 7.43. The maximum Gasteiger partial charge on any atom is 0.142 e. The van der Waals surface area contributed by atoms with E-state index in [1.54, 1.807) is 0 Å². The fourth-order valence-electron chi connectivity index (χ4n) is 3.14. The van der Waals surface area contributed by atoms with E-state index in [2.05, 4.69) is 5.32 Å². The van der Waals surface area contributed by atoms with Gasteiger partial charge in [0.15, 0.2) is 0 Å². The highest BCUT2D eigenvalue weighted by molar-refractivity contribution is 6.33. The zero-order valence-electron chi connectivity index (χ0n) is 12.0. The van der Waals surface area contributed by atoms with Crippen molar-refractivity contribution in [1.29, 1.82) is 0 Å². The number of hydrogen-bond donors (Lipinski definition) is 2. The number of aliphatic hydroxyl groups is 1. The van der Waals surface area contributed by atoms with Crippen LogP contribution >= 0.6 is 11.6 Å². The van der Waals surface area contributed by atoms with Crippen LogP contribution in [0.25, 0.3) is 0 Å². The number of halogens is 1. The molecule has 0 saturated carbocycles. The van der Waals surface area contributed by atoms with Gasteiger partial charge in [-0.3, -0.25) is 0 Å². The summed E-state index contributed by atoms with van der Waals surface area (Å²) in [6.07, 6.45) is 1.08. The summed E-state index contributed by atoms with van der Waals surface area (Å²) in [6, 6.07) is 0. The van der Waals surface area contributed by atoms with Crippen molar-refractivity contribution in [2.24, 2.45) is 0 Å². The van der Waals surface area contributed by atoms with Crippen molar-refractivity contribution in [2.75, 3.05) is 13.6 Å². The minimum Gasteiger partial charge on any atom is -0.490 e. The summed E-state index contributed by atoms with van der Waals surface area (Å²) < 4.78 is 11.8. The monoisotopic (exact) mass is 297 g/mol. The Balaban J connectivity index is 2.17. The van der Waals surface area contributed by atoms with Crippen molar-refractivity contribution >= 4 is 11.6 Å². The first-order chi connectivity index (χ1) is 9.52. The van der Waals surface area contributed by atoms with Gasteiger partial charge in [0.05, 0.1) is 11.1 Å². The molecule has 0 aromatic heterocycles. The van der Waals surface area contributed by atoms with Gasteiger partial charge in [-0.25, -0.2) is 0 Å². The molecule has 0 spiro atoms. The number of fused-ring (bicyclic) bond motifs is 2. The number of aliphatic hydroxyl groups excluding tert-OH is 1. The van der Waals surface area contributed by atoms with Crippen LogP contribution in [0, 0.1) is 0 Å². The third-order valence-corrected chi connectivity index (χ3v) is 4.33. The molecule has 2 N–H and O–H groups in total. The Bertz CT molecular complexity index is 507. The fraction of sp³-hybridized carbons (Fsp3) is 0.600. The number of benzene rings is 1. The van der Waals surface area contributed by atoms with Crippen LogP contribution < -0.4 is 14.8 Å². The average molecular weight is 298 g/mol. The molecule has 0 radical (unpaired) electrons. The lowest BCUT2D eigenvalue weighted by atomic mass is 9.94. The topological polar surface area (TPSA) is 50.7 Å². The molecule has 110 valence electrons. The Hall–Kier alpha value is -0.970. The van der Waals surface area contributed by atoms with Gasteiger partial charge in [0.25, 0.3) is 0 Å². The summed E-state index contributed by atoms with van der Waals surface area (Å²) in [5.41, 5.74) is 2.82. The second-order valence-electron chi connectivity index (χ2n) is 5.68. The molecular weight excluding hydrogens is 278 g/mol. The molecule has 5 heteroatoms. The molecular formula is C15H20ClNO3. The van der Waals surface area contributed by atoms with Gasteiger partial charge in [0, 0.05) is 36.1 Å². The van der Waals surface area contributed by atoms with Crippen molar-refractivity contribution in [3.8, 4) is 11.5 Å². The second-order valence-corrected chi connectivity index (χ2v) is 6.06. The summed E-state index contributed by atoms with van der Waals surface area (Å²) in [6.45, 7) is 4.50. The van der Waals surface area contributed by atoms with Crippen LogP contribution in [0.4, 0.5) is 0 Å². The van der Waals surface area contributed by atoms with E-state index in [0.29, 0.717) is 11.6 Å². The van der Waals surface area contributed by atoms with Gasteiger partial charge in [-0.2, -0.15) is 0 Å². The van der Waals surface area contributed by atoms with E-state index in [0.717, 1.165) is 41.0 Å². The van der Waals surface area contributed by atoms with Crippen molar-refractivity contribution in [2.45, 2.75) is 45.0 Å². The first-order valence-electron chi connectivity index (χ1n) is 7.06. The van der Waals surface area contributed by atoms with Crippen LogP contribution in [0.5, 0.6) is 11.5 Å². The lowest BCUT2D eigenvalue weighted by Gasteiger charge is -2.19. The summed E-state index contributed by atoms with van der Waals surface area (Å²) in [4.78, 5) is 0. The zero-order valence-corrected chi connectivity index (χ0v) is 12.8. The van der Waals surface area contributed by atoms with Crippen molar-refractivity contribution in [3.05, 3.63) is 21.7 Å². The van der Waals surface area contributed by atoms with Crippen LogP contribution in [0.2, 0.25) is 5.02 Å². The Kier molecular flexibility index (Phi) is 3.56. The maximum absolute atomic E-state index is 10.5. The Morgan fingerprint density at radius 1 is 1.20 bits per heavy atom.